The van der Waals surface area contributed by atoms with Gasteiger partial charge in [-0.1, -0.05) is 12.1 Å². The van der Waals surface area contributed by atoms with E-state index < -0.39 is 5.91 Å². The van der Waals surface area contributed by atoms with Crippen LogP contribution in [0.15, 0.2) is 60.1 Å². The number of nitrogens with one attached hydrogen (secondary N) is 1. The van der Waals surface area contributed by atoms with Gasteiger partial charge in [0.25, 0.3) is 5.91 Å². The highest BCUT2D eigenvalue weighted by atomic mass is 32.1. The molecule has 134 valence electrons. The van der Waals surface area contributed by atoms with Crippen molar-refractivity contribution in [3.8, 4) is 23.1 Å². The standard InChI is InChI=1S/C20H16N4O2S/c1-26-15-8-6-13(7-9-15)18-12-27-20(24-18)14(10-21)11-23-17-5-3-2-4-16(17)19(22)25/h2-9,11-12,23H,1H3,(H2,22,25)/b14-11+. The summed E-state index contributed by atoms with van der Waals surface area (Å²) in [5.41, 5.74) is 8.32. The molecule has 7 heteroatoms. The van der Waals surface area contributed by atoms with Crippen LogP contribution >= 0.6 is 11.3 Å². The number of hydrogen-bond donors (Lipinski definition) is 2. The van der Waals surface area contributed by atoms with Gasteiger partial charge in [-0.2, -0.15) is 5.26 Å². The zero-order valence-corrected chi connectivity index (χ0v) is 15.3. The van der Waals surface area contributed by atoms with Crippen molar-refractivity contribution in [3.63, 3.8) is 0 Å². The number of nitriles is 1. The number of carbonyl (C=O) groups excluding carboxylic acids is 1. The summed E-state index contributed by atoms with van der Waals surface area (Å²) in [6.07, 6.45) is 1.53. The molecule has 6 nitrogen and oxygen atoms in total. The topological polar surface area (TPSA) is 101 Å². The van der Waals surface area contributed by atoms with Crippen molar-refractivity contribution in [1.29, 1.82) is 5.26 Å². The van der Waals surface area contributed by atoms with Crippen LogP contribution in [0.5, 0.6) is 5.75 Å². The Balaban J connectivity index is 1.84. The van der Waals surface area contributed by atoms with Gasteiger partial charge in [0.2, 0.25) is 0 Å². The molecule has 0 radical (unpaired) electrons. The quantitative estimate of drug-likeness (QED) is 0.636. The number of ether oxygens (including phenoxy) is 1. The average Bonchev–Trinajstić information content (AvgIpc) is 3.19. The largest absolute Gasteiger partial charge is 0.497 e. The number of thiazole rings is 1. The van der Waals surface area contributed by atoms with Crippen LogP contribution in [0.4, 0.5) is 5.69 Å². The van der Waals surface area contributed by atoms with Crippen LogP contribution in [0.3, 0.4) is 0 Å². The van der Waals surface area contributed by atoms with E-state index >= 15 is 0 Å². The molecule has 0 aliphatic heterocycles. The fourth-order valence-corrected chi connectivity index (χ4v) is 3.20. The van der Waals surface area contributed by atoms with Crippen LogP contribution in [-0.2, 0) is 0 Å². The molecule has 3 rings (SSSR count). The number of aromatic nitrogens is 1. The number of rotatable bonds is 6. The number of nitrogens with two attached hydrogens (primary N) is 1. The number of benzene rings is 2. The third kappa shape index (κ3) is 4.14. The smallest absolute Gasteiger partial charge is 0.250 e. The minimum absolute atomic E-state index is 0.351. The second-order valence-corrected chi connectivity index (χ2v) is 6.35. The Morgan fingerprint density at radius 3 is 2.67 bits per heavy atom. The number of methoxy groups -OCH3 is 1. The van der Waals surface area contributed by atoms with E-state index in [0.29, 0.717) is 21.8 Å². The highest BCUT2D eigenvalue weighted by Gasteiger charge is 2.10. The van der Waals surface area contributed by atoms with Crippen LogP contribution in [0.25, 0.3) is 16.8 Å². The molecule has 0 aliphatic rings. The minimum Gasteiger partial charge on any atom is -0.497 e. The van der Waals surface area contributed by atoms with Crippen molar-refractivity contribution in [3.05, 3.63) is 70.7 Å². The molecule has 0 spiro atoms. The van der Waals surface area contributed by atoms with E-state index in [9.17, 15) is 10.1 Å². The first-order valence-corrected chi connectivity index (χ1v) is 8.86. The van der Waals surface area contributed by atoms with E-state index in [1.54, 1.807) is 31.4 Å². The van der Waals surface area contributed by atoms with Gasteiger partial charge in [0.15, 0.2) is 0 Å². The SMILES string of the molecule is COc1ccc(-c2csc(/C(C#N)=C/Nc3ccccc3C(N)=O)n2)cc1. The summed E-state index contributed by atoms with van der Waals surface area (Å²) in [4.78, 5) is 16.0. The maximum absolute atomic E-state index is 11.5. The van der Waals surface area contributed by atoms with Gasteiger partial charge in [-0.05, 0) is 36.4 Å². The summed E-state index contributed by atoms with van der Waals surface area (Å²) >= 11 is 1.37. The number of amides is 1. The monoisotopic (exact) mass is 376 g/mol. The number of allylic oxidation sites excluding steroid dienone is 1. The van der Waals surface area contributed by atoms with Gasteiger partial charge < -0.3 is 15.8 Å². The van der Waals surface area contributed by atoms with E-state index in [0.717, 1.165) is 17.0 Å². The number of nitrogens with zero attached hydrogens (tertiary/aromatic N) is 2. The average molecular weight is 376 g/mol. The van der Waals surface area contributed by atoms with Gasteiger partial charge >= 0.3 is 0 Å². The summed E-state index contributed by atoms with van der Waals surface area (Å²) in [5.74, 6) is 0.227. The lowest BCUT2D eigenvalue weighted by atomic mass is 10.1. The number of hydrogen-bond acceptors (Lipinski definition) is 6. The first-order chi connectivity index (χ1) is 13.1. The molecule has 0 saturated heterocycles. The van der Waals surface area contributed by atoms with Crippen molar-refractivity contribution in [2.75, 3.05) is 12.4 Å². The zero-order chi connectivity index (χ0) is 19.2. The van der Waals surface area contributed by atoms with Crippen LogP contribution in [0, 0.1) is 11.3 Å². The molecule has 0 aliphatic carbocycles. The maximum atomic E-state index is 11.5. The molecule has 27 heavy (non-hydrogen) atoms. The van der Waals surface area contributed by atoms with Gasteiger partial charge in [0.05, 0.1) is 24.1 Å². The lowest BCUT2D eigenvalue weighted by molar-refractivity contribution is 0.100. The Labute approximate surface area is 160 Å². The van der Waals surface area contributed by atoms with E-state index in [2.05, 4.69) is 16.4 Å². The number of carbonyl (C=O) groups is 1. The molecule has 1 aromatic heterocycles. The molecule has 3 aromatic rings. The molecular weight excluding hydrogens is 360 g/mol. The third-order valence-electron chi connectivity index (χ3n) is 3.81. The van der Waals surface area contributed by atoms with Crippen molar-refractivity contribution in [2.24, 2.45) is 5.73 Å². The van der Waals surface area contributed by atoms with Gasteiger partial charge in [-0.15, -0.1) is 11.3 Å². The van der Waals surface area contributed by atoms with Gasteiger partial charge in [0.1, 0.15) is 22.4 Å². The first-order valence-electron chi connectivity index (χ1n) is 7.98. The molecule has 0 atom stereocenters. The molecule has 3 N–H and O–H groups in total. The van der Waals surface area contributed by atoms with Gasteiger partial charge in [-0.3, -0.25) is 4.79 Å². The van der Waals surface area contributed by atoms with Crippen molar-refractivity contribution in [2.45, 2.75) is 0 Å². The molecule has 0 saturated carbocycles. The Kier molecular flexibility index (Phi) is 5.50. The van der Waals surface area contributed by atoms with E-state index in [-0.39, 0.29) is 0 Å². The predicted molar refractivity (Wildman–Crippen MR) is 106 cm³/mol. The second-order valence-electron chi connectivity index (χ2n) is 5.49. The molecule has 1 heterocycles. The van der Waals surface area contributed by atoms with Crippen molar-refractivity contribution >= 4 is 28.5 Å². The highest BCUT2D eigenvalue weighted by molar-refractivity contribution is 7.11. The van der Waals surface area contributed by atoms with Crippen molar-refractivity contribution in [1.82, 2.24) is 4.98 Å². The number of anilines is 1. The molecule has 1 amide bonds. The van der Waals surface area contributed by atoms with E-state index in [1.165, 1.54) is 17.5 Å². The lowest BCUT2D eigenvalue weighted by Gasteiger charge is -2.06. The fourth-order valence-electron chi connectivity index (χ4n) is 2.41. The van der Waals surface area contributed by atoms with E-state index in [1.807, 2.05) is 29.6 Å². The Bertz CT molecular complexity index is 1030. The van der Waals surface area contributed by atoms with Crippen molar-refractivity contribution < 1.29 is 9.53 Å². The summed E-state index contributed by atoms with van der Waals surface area (Å²) in [5, 5.41) is 14.9. The summed E-state index contributed by atoms with van der Waals surface area (Å²) in [6, 6.07) is 16.5. The van der Waals surface area contributed by atoms with Crippen LogP contribution in [0.1, 0.15) is 15.4 Å². The Morgan fingerprint density at radius 2 is 2.00 bits per heavy atom. The predicted octanol–water partition coefficient (Wildman–Crippen LogP) is 3.89. The maximum Gasteiger partial charge on any atom is 0.250 e. The molecule has 0 bridgehead atoms. The lowest BCUT2D eigenvalue weighted by Crippen LogP contribution is -2.13. The molecular formula is C20H16N4O2S. The fraction of sp³-hybridized carbons (Fsp3) is 0.0500. The van der Waals surface area contributed by atoms with Gasteiger partial charge in [0, 0.05) is 17.1 Å². The first kappa shape index (κ1) is 18.2. The summed E-state index contributed by atoms with van der Waals surface area (Å²) in [6.45, 7) is 0. The summed E-state index contributed by atoms with van der Waals surface area (Å²) < 4.78 is 5.16. The number of para-hydroxylation sites is 1. The van der Waals surface area contributed by atoms with Crippen LogP contribution in [-0.4, -0.2) is 18.0 Å². The molecule has 0 unspecified atom stereocenters. The molecule has 2 aromatic carbocycles. The Hall–Kier alpha value is -3.63. The van der Waals surface area contributed by atoms with Crippen LogP contribution in [0.2, 0.25) is 0 Å². The Morgan fingerprint density at radius 1 is 1.26 bits per heavy atom. The minimum atomic E-state index is -0.541. The highest BCUT2D eigenvalue weighted by Crippen LogP contribution is 2.27. The van der Waals surface area contributed by atoms with Gasteiger partial charge in [-0.25, -0.2) is 4.98 Å². The number of primary amides is 1. The normalized spacial score (nSPS) is 10.9. The summed E-state index contributed by atoms with van der Waals surface area (Å²) in [7, 11) is 1.61. The second kappa shape index (κ2) is 8.17. The third-order valence-corrected chi connectivity index (χ3v) is 4.68. The van der Waals surface area contributed by atoms with Crippen LogP contribution < -0.4 is 15.8 Å². The van der Waals surface area contributed by atoms with E-state index in [4.69, 9.17) is 10.5 Å². The molecule has 0 fully saturated rings. The zero-order valence-electron chi connectivity index (χ0n) is 14.5.